The van der Waals surface area contributed by atoms with Crippen LogP contribution in [0.4, 0.5) is 0 Å². The lowest BCUT2D eigenvalue weighted by atomic mass is 9.85. The van der Waals surface area contributed by atoms with Crippen molar-refractivity contribution in [3.05, 3.63) is 0 Å². The van der Waals surface area contributed by atoms with Crippen molar-refractivity contribution >= 4 is 5.91 Å². The van der Waals surface area contributed by atoms with E-state index in [4.69, 9.17) is 10.8 Å². The smallest absolute Gasteiger partial charge is 0.224 e. The first kappa shape index (κ1) is 13.5. The van der Waals surface area contributed by atoms with Crippen LogP contribution in [0.1, 0.15) is 40.0 Å². The Kier molecular flexibility index (Phi) is 4.33. The second-order valence-electron chi connectivity index (χ2n) is 5.74. The van der Waals surface area contributed by atoms with Gasteiger partial charge in [-0.15, -0.1) is 0 Å². The minimum Gasteiger partial charge on any atom is -0.394 e. The molecule has 0 spiro atoms. The Bertz CT molecular complexity index is 248. The predicted molar refractivity (Wildman–Crippen MR) is 63.9 cm³/mol. The molecule has 0 radical (unpaired) electrons. The topological polar surface area (TPSA) is 66.6 Å². The number of nitrogens with zero attached hydrogens (tertiary/aromatic N) is 1. The summed E-state index contributed by atoms with van der Waals surface area (Å²) in [7, 11) is 0. The zero-order chi connectivity index (χ0) is 12.3. The molecule has 4 nitrogen and oxygen atoms in total. The molecular formula is C12H24N2O2. The van der Waals surface area contributed by atoms with E-state index < -0.39 is 0 Å². The number of carbonyl (C=O) groups excluding carboxylic acids is 1. The number of aliphatic hydroxyl groups is 1. The van der Waals surface area contributed by atoms with E-state index in [0.717, 1.165) is 19.4 Å². The van der Waals surface area contributed by atoms with Crippen molar-refractivity contribution in [1.82, 2.24) is 4.90 Å². The van der Waals surface area contributed by atoms with E-state index in [1.165, 1.54) is 0 Å². The third-order valence-corrected chi connectivity index (χ3v) is 3.42. The maximum absolute atomic E-state index is 12.0. The molecular weight excluding hydrogens is 204 g/mol. The summed E-state index contributed by atoms with van der Waals surface area (Å²) in [6, 6.07) is -0.111. The van der Waals surface area contributed by atoms with Gasteiger partial charge in [0.15, 0.2) is 0 Å². The van der Waals surface area contributed by atoms with E-state index in [9.17, 15) is 4.79 Å². The van der Waals surface area contributed by atoms with Crippen molar-refractivity contribution < 1.29 is 9.90 Å². The van der Waals surface area contributed by atoms with Gasteiger partial charge in [-0.2, -0.15) is 0 Å². The highest BCUT2D eigenvalue weighted by Crippen LogP contribution is 2.23. The molecule has 0 aliphatic carbocycles. The second-order valence-corrected chi connectivity index (χ2v) is 5.74. The van der Waals surface area contributed by atoms with Crippen LogP contribution in [0.25, 0.3) is 0 Å². The number of likely N-dealkylation sites (tertiary alicyclic amines) is 1. The Labute approximate surface area is 97.8 Å². The van der Waals surface area contributed by atoms with Gasteiger partial charge < -0.3 is 15.7 Å². The minimum absolute atomic E-state index is 0.0136. The van der Waals surface area contributed by atoms with Gasteiger partial charge in [0.2, 0.25) is 5.91 Å². The highest BCUT2D eigenvalue weighted by Gasteiger charge is 2.31. The molecule has 94 valence electrons. The van der Waals surface area contributed by atoms with Crippen LogP contribution >= 0.6 is 0 Å². The van der Waals surface area contributed by atoms with Crippen LogP contribution in [0, 0.1) is 5.41 Å². The Morgan fingerprint density at radius 1 is 1.56 bits per heavy atom. The zero-order valence-electron chi connectivity index (χ0n) is 10.6. The molecule has 3 N–H and O–H groups in total. The van der Waals surface area contributed by atoms with Crippen molar-refractivity contribution in [2.45, 2.75) is 52.1 Å². The van der Waals surface area contributed by atoms with Crippen LogP contribution < -0.4 is 5.73 Å². The molecule has 16 heavy (non-hydrogen) atoms. The molecule has 1 rings (SSSR count). The van der Waals surface area contributed by atoms with Gasteiger partial charge in [0.1, 0.15) is 0 Å². The first-order valence-electron chi connectivity index (χ1n) is 6.02. The average molecular weight is 228 g/mol. The Hall–Kier alpha value is -0.610. The molecule has 1 aliphatic heterocycles. The van der Waals surface area contributed by atoms with Crippen molar-refractivity contribution in [3.8, 4) is 0 Å². The van der Waals surface area contributed by atoms with E-state index in [1.54, 1.807) is 4.90 Å². The highest BCUT2D eigenvalue weighted by molar-refractivity contribution is 5.77. The fraction of sp³-hybridized carbons (Fsp3) is 0.917. The lowest BCUT2D eigenvalue weighted by Crippen LogP contribution is -2.44. The Morgan fingerprint density at radius 2 is 2.19 bits per heavy atom. The number of carbonyl (C=O) groups is 1. The fourth-order valence-corrected chi connectivity index (χ4v) is 1.97. The third kappa shape index (κ3) is 3.19. The van der Waals surface area contributed by atoms with Gasteiger partial charge in [0.05, 0.1) is 12.6 Å². The summed E-state index contributed by atoms with van der Waals surface area (Å²) in [5, 5.41) is 9.15. The van der Waals surface area contributed by atoms with Crippen LogP contribution in [0.5, 0.6) is 0 Å². The monoisotopic (exact) mass is 228 g/mol. The maximum atomic E-state index is 12.0. The van der Waals surface area contributed by atoms with Crippen LogP contribution in [0.2, 0.25) is 0 Å². The van der Waals surface area contributed by atoms with Crippen molar-refractivity contribution in [2.24, 2.45) is 11.1 Å². The number of rotatable bonds is 3. The quantitative estimate of drug-likeness (QED) is 0.748. The normalized spacial score (nSPS) is 23.6. The second kappa shape index (κ2) is 5.15. The molecule has 1 fully saturated rings. The van der Waals surface area contributed by atoms with Crippen LogP contribution in [0.3, 0.4) is 0 Å². The number of aliphatic hydroxyl groups excluding tert-OH is 1. The molecule has 0 aromatic carbocycles. The summed E-state index contributed by atoms with van der Waals surface area (Å²) in [6.07, 6.45) is 2.27. The predicted octanol–water partition coefficient (Wildman–Crippen LogP) is 0.733. The average Bonchev–Trinajstić information content (AvgIpc) is 2.63. The highest BCUT2D eigenvalue weighted by atomic mass is 16.3. The van der Waals surface area contributed by atoms with Gasteiger partial charge in [0, 0.05) is 19.0 Å². The van der Waals surface area contributed by atoms with Crippen LogP contribution in [-0.4, -0.2) is 41.1 Å². The Balaban J connectivity index is 2.52. The van der Waals surface area contributed by atoms with Gasteiger partial charge in [-0.3, -0.25) is 4.79 Å². The molecule has 1 saturated heterocycles. The maximum Gasteiger partial charge on any atom is 0.224 e. The largest absolute Gasteiger partial charge is 0.394 e. The van der Waals surface area contributed by atoms with Gasteiger partial charge in [-0.1, -0.05) is 20.8 Å². The molecule has 0 aromatic rings. The van der Waals surface area contributed by atoms with E-state index in [-0.39, 0.29) is 30.0 Å². The molecule has 0 saturated carbocycles. The van der Waals surface area contributed by atoms with Gasteiger partial charge in [-0.25, -0.2) is 0 Å². The van der Waals surface area contributed by atoms with Gasteiger partial charge in [-0.05, 0) is 18.3 Å². The summed E-state index contributed by atoms with van der Waals surface area (Å²) in [6.45, 7) is 6.95. The van der Waals surface area contributed by atoms with E-state index >= 15 is 0 Å². The molecule has 1 amide bonds. The Morgan fingerprint density at radius 3 is 2.69 bits per heavy atom. The molecule has 0 bridgehead atoms. The summed E-state index contributed by atoms with van der Waals surface area (Å²) in [5.41, 5.74) is 5.94. The van der Waals surface area contributed by atoms with Crippen molar-refractivity contribution in [1.29, 1.82) is 0 Å². The number of nitrogens with two attached hydrogens (primary N) is 1. The van der Waals surface area contributed by atoms with Crippen molar-refractivity contribution in [3.63, 3.8) is 0 Å². The number of hydrogen-bond acceptors (Lipinski definition) is 3. The summed E-state index contributed by atoms with van der Waals surface area (Å²) < 4.78 is 0. The summed E-state index contributed by atoms with van der Waals surface area (Å²) in [4.78, 5) is 13.8. The lowest BCUT2D eigenvalue weighted by Gasteiger charge is -2.30. The van der Waals surface area contributed by atoms with Gasteiger partial charge in [0.25, 0.3) is 0 Å². The first-order valence-corrected chi connectivity index (χ1v) is 6.02. The molecule has 4 heteroatoms. The van der Waals surface area contributed by atoms with Crippen LogP contribution in [-0.2, 0) is 4.79 Å². The lowest BCUT2D eigenvalue weighted by molar-refractivity contribution is -0.133. The van der Waals surface area contributed by atoms with E-state index in [1.807, 2.05) is 20.8 Å². The van der Waals surface area contributed by atoms with Crippen molar-refractivity contribution in [2.75, 3.05) is 13.2 Å². The minimum atomic E-state index is -0.125. The molecule has 1 unspecified atom stereocenters. The van der Waals surface area contributed by atoms with Crippen LogP contribution in [0.15, 0.2) is 0 Å². The SMILES string of the molecule is CC(C)(C)C(N)CC(=O)N1CCC[C@H]1CO. The molecule has 1 aliphatic rings. The summed E-state index contributed by atoms with van der Waals surface area (Å²) >= 11 is 0. The first-order chi connectivity index (χ1) is 7.36. The standard InChI is InChI=1S/C12H24N2O2/c1-12(2,3)10(13)7-11(16)14-6-4-5-9(14)8-15/h9-10,15H,4-8,13H2,1-3H3/t9-,10?/m0/s1. The molecule has 1 heterocycles. The molecule has 0 aromatic heterocycles. The van der Waals surface area contributed by atoms with E-state index in [2.05, 4.69) is 0 Å². The number of hydrogen-bond donors (Lipinski definition) is 2. The molecule has 2 atom stereocenters. The third-order valence-electron chi connectivity index (χ3n) is 3.42. The van der Waals surface area contributed by atoms with Gasteiger partial charge >= 0.3 is 0 Å². The zero-order valence-corrected chi connectivity index (χ0v) is 10.6. The number of amides is 1. The fourth-order valence-electron chi connectivity index (χ4n) is 1.97. The summed E-state index contributed by atoms with van der Waals surface area (Å²) in [5.74, 6) is 0.0824. The van der Waals surface area contributed by atoms with E-state index in [0.29, 0.717) is 6.42 Å².